The number of aromatic nitrogens is 4. The highest BCUT2D eigenvalue weighted by molar-refractivity contribution is 14.0. The van der Waals surface area contributed by atoms with E-state index >= 15 is 0 Å². The quantitative estimate of drug-likeness (QED) is 0.707. The van der Waals surface area contributed by atoms with Crippen LogP contribution in [-0.2, 0) is 0 Å². The van der Waals surface area contributed by atoms with E-state index in [9.17, 15) is 0 Å². The van der Waals surface area contributed by atoms with E-state index in [0.29, 0.717) is 0 Å². The van der Waals surface area contributed by atoms with Crippen LogP contribution in [0.5, 0.6) is 0 Å². The Morgan fingerprint density at radius 3 is 3.00 bits per heavy atom. The normalized spacial score (nSPS) is 9.20. The SMILES string of the molecule is I.c1ncc2[nH]ncc2n1. The van der Waals surface area contributed by atoms with Crippen LogP contribution < -0.4 is 0 Å². The van der Waals surface area contributed by atoms with E-state index in [0.717, 1.165) is 11.0 Å². The third kappa shape index (κ3) is 1.08. The highest BCUT2D eigenvalue weighted by atomic mass is 127. The van der Waals surface area contributed by atoms with Crippen molar-refractivity contribution in [1.29, 1.82) is 0 Å². The molecule has 1 N–H and O–H groups in total. The summed E-state index contributed by atoms with van der Waals surface area (Å²) in [6, 6.07) is 0. The summed E-state index contributed by atoms with van der Waals surface area (Å²) in [6.45, 7) is 0. The highest BCUT2D eigenvalue weighted by Gasteiger charge is 1.90. The molecule has 0 aromatic carbocycles. The molecule has 4 nitrogen and oxygen atoms in total. The Balaban J connectivity index is 0.000000500. The first kappa shape index (κ1) is 7.39. The van der Waals surface area contributed by atoms with Gasteiger partial charge in [0.15, 0.2) is 0 Å². The van der Waals surface area contributed by atoms with Gasteiger partial charge in [0.25, 0.3) is 0 Å². The fourth-order valence-corrected chi connectivity index (χ4v) is 0.691. The van der Waals surface area contributed by atoms with E-state index in [2.05, 4.69) is 20.2 Å². The lowest BCUT2D eigenvalue weighted by Crippen LogP contribution is -1.74. The number of hydrogen-bond acceptors (Lipinski definition) is 3. The molecule has 2 heterocycles. The molecule has 2 aromatic rings. The van der Waals surface area contributed by atoms with Crippen LogP contribution in [0.4, 0.5) is 0 Å². The zero-order chi connectivity index (χ0) is 6.10. The molecule has 2 rings (SSSR count). The summed E-state index contributed by atoms with van der Waals surface area (Å²) >= 11 is 0. The molecule has 0 amide bonds. The van der Waals surface area contributed by atoms with Gasteiger partial charge in [-0.3, -0.25) is 5.10 Å². The first-order chi connectivity index (χ1) is 4.47. The van der Waals surface area contributed by atoms with Crippen molar-refractivity contribution < 1.29 is 0 Å². The van der Waals surface area contributed by atoms with Gasteiger partial charge in [-0.05, 0) is 0 Å². The first-order valence-electron chi connectivity index (χ1n) is 2.56. The summed E-state index contributed by atoms with van der Waals surface area (Å²) in [5.41, 5.74) is 1.72. The Morgan fingerprint density at radius 1 is 1.30 bits per heavy atom. The maximum atomic E-state index is 3.94. The van der Waals surface area contributed by atoms with Crippen molar-refractivity contribution in [2.24, 2.45) is 0 Å². The van der Waals surface area contributed by atoms with Crippen LogP contribution in [0.2, 0.25) is 0 Å². The molecule has 0 saturated heterocycles. The van der Waals surface area contributed by atoms with Crippen molar-refractivity contribution in [3.05, 3.63) is 18.7 Å². The lowest BCUT2D eigenvalue weighted by Gasteiger charge is -1.80. The van der Waals surface area contributed by atoms with Crippen LogP contribution in [0, 0.1) is 0 Å². The van der Waals surface area contributed by atoms with Crippen molar-refractivity contribution in [2.75, 3.05) is 0 Å². The van der Waals surface area contributed by atoms with Crippen molar-refractivity contribution in [3.8, 4) is 0 Å². The van der Waals surface area contributed by atoms with Crippen LogP contribution in [0.3, 0.4) is 0 Å². The van der Waals surface area contributed by atoms with E-state index in [1.807, 2.05) is 0 Å². The van der Waals surface area contributed by atoms with Gasteiger partial charge in [-0.25, -0.2) is 9.97 Å². The Morgan fingerprint density at radius 2 is 2.20 bits per heavy atom. The Bertz CT molecular complexity index is 288. The topological polar surface area (TPSA) is 54.5 Å². The predicted molar refractivity (Wildman–Crippen MR) is 47.1 cm³/mol. The second-order valence-corrected chi connectivity index (χ2v) is 1.69. The largest absolute Gasteiger partial charge is 0.275 e. The van der Waals surface area contributed by atoms with Gasteiger partial charge in [0.05, 0.1) is 12.4 Å². The summed E-state index contributed by atoms with van der Waals surface area (Å²) in [6.07, 6.45) is 4.85. The second-order valence-electron chi connectivity index (χ2n) is 1.69. The van der Waals surface area contributed by atoms with Crippen LogP contribution in [-0.4, -0.2) is 20.2 Å². The molecule has 0 aliphatic heterocycles. The maximum Gasteiger partial charge on any atom is 0.116 e. The summed E-state index contributed by atoms with van der Waals surface area (Å²) in [7, 11) is 0. The lowest BCUT2D eigenvalue weighted by molar-refractivity contribution is 1.11. The molecular weight excluding hydrogens is 243 g/mol. The molecule has 10 heavy (non-hydrogen) atoms. The monoisotopic (exact) mass is 248 g/mol. The average molecular weight is 248 g/mol. The van der Waals surface area contributed by atoms with Gasteiger partial charge in [-0.15, -0.1) is 24.0 Å². The number of halogens is 1. The number of hydrogen-bond donors (Lipinski definition) is 1. The van der Waals surface area contributed by atoms with Crippen molar-refractivity contribution in [2.45, 2.75) is 0 Å². The van der Waals surface area contributed by atoms with E-state index < -0.39 is 0 Å². The van der Waals surface area contributed by atoms with E-state index in [-0.39, 0.29) is 24.0 Å². The third-order valence-corrected chi connectivity index (χ3v) is 1.11. The third-order valence-electron chi connectivity index (χ3n) is 1.11. The highest BCUT2D eigenvalue weighted by Crippen LogP contribution is 2.00. The molecule has 0 radical (unpaired) electrons. The summed E-state index contributed by atoms with van der Waals surface area (Å²) in [5.74, 6) is 0. The minimum absolute atomic E-state index is 0. The smallest absolute Gasteiger partial charge is 0.116 e. The molecule has 5 heteroatoms. The minimum Gasteiger partial charge on any atom is -0.275 e. The van der Waals surface area contributed by atoms with Crippen molar-refractivity contribution in [3.63, 3.8) is 0 Å². The number of H-pyrrole nitrogens is 1. The molecule has 0 bridgehead atoms. The first-order valence-corrected chi connectivity index (χ1v) is 2.56. The fourth-order valence-electron chi connectivity index (χ4n) is 0.691. The number of nitrogens with one attached hydrogen (secondary N) is 1. The van der Waals surface area contributed by atoms with Crippen molar-refractivity contribution >= 4 is 35.0 Å². The molecule has 52 valence electrons. The second kappa shape index (κ2) is 2.91. The van der Waals surface area contributed by atoms with Gasteiger partial charge in [0, 0.05) is 0 Å². The Hall–Kier alpha value is -0.720. The molecule has 0 aliphatic rings. The van der Waals surface area contributed by atoms with Gasteiger partial charge in [-0.2, -0.15) is 5.10 Å². The molecule has 0 aliphatic carbocycles. The van der Waals surface area contributed by atoms with Gasteiger partial charge in [0.2, 0.25) is 0 Å². The molecule has 0 unspecified atom stereocenters. The number of aromatic amines is 1. The molecule has 0 fully saturated rings. The molecular formula is C5H5IN4. The molecule has 0 saturated carbocycles. The van der Waals surface area contributed by atoms with Gasteiger partial charge in [-0.1, -0.05) is 0 Å². The van der Waals surface area contributed by atoms with Crippen LogP contribution in [0.25, 0.3) is 11.0 Å². The van der Waals surface area contributed by atoms with Gasteiger partial charge < -0.3 is 0 Å². The zero-order valence-corrected chi connectivity index (χ0v) is 7.31. The summed E-state index contributed by atoms with van der Waals surface area (Å²) in [4.78, 5) is 7.74. The van der Waals surface area contributed by atoms with E-state index in [1.54, 1.807) is 12.4 Å². The molecule has 0 atom stereocenters. The number of fused-ring (bicyclic) bond motifs is 1. The van der Waals surface area contributed by atoms with Crippen LogP contribution >= 0.6 is 24.0 Å². The van der Waals surface area contributed by atoms with Crippen LogP contribution in [0.15, 0.2) is 18.7 Å². The number of rotatable bonds is 0. The summed E-state index contributed by atoms with van der Waals surface area (Å²) in [5, 5.41) is 6.52. The van der Waals surface area contributed by atoms with E-state index in [4.69, 9.17) is 0 Å². The predicted octanol–water partition coefficient (Wildman–Crippen LogP) is 0.971. The lowest BCUT2D eigenvalue weighted by atomic mass is 10.5. The zero-order valence-electron chi connectivity index (χ0n) is 4.98. The Labute approximate surface area is 74.1 Å². The standard InChI is InChI=1S/C5H4N4.HI/c1-5-4(2-8-9-5)7-3-6-1;/h1-3H,(H,8,9);1H. The Kier molecular flexibility index (Phi) is 2.15. The molecule has 2 aromatic heterocycles. The average Bonchev–Trinajstić information content (AvgIpc) is 2.33. The minimum atomic E-state index is 0. The summed E-state index contributed by atoms with van der Waals surface area (Å²) < 4.78 is 0. The van der Waals surface area contributed by atoms with Gasteiger partial charge >= 0.3 is 0 Å². The van der Waals surface area contributed by atoms with Crippen LogP contribution in [0.1, 0.15) is 0 Å². The number of nitrogens with zero attached hydrogens (tertiary/aromatic N) is 3. The molecule has 0 spiro atoms. The fraction of sp³-hybridized carbons (Fsp3) is 0. The van der Waals surface area contributed by atoms with Gasteiger partial charge in [0.1, 0.15) is 17.4 Å². The maximum absolute atomic E-state index is 3.94. The van der Waals surface area contributed by atoms with Crippen molar-refractivity contribution in [1.82, 2.24) is 20.2 Å². The van der Waals surface area contributed by atoms with E-state index in [1.165, 1.54) is 6.33 Å².